The Morgan fingerprint density at radius 3 is 2.58 bits per heavy atom. The zero-order chi connectivity index (χ0) is 24.1. The topological polar surface area (TPSA) is 181 Å². The van der Waals surface area contributed by atoms with Crippen molar-refractivity contribution in [2.75, 3.05) is 13.7 Å². The summed E-state index contributed by atoms with van der Waals surface area (Å²) in [6.45, 7) is 0.757. The van der Waals surface area contributed by atoms with Crippen molar-refractivity contribution in [1.29, 1.82) is 0 Å². The van der Waals surface area contributed by atoms with Crippen molar-refractivity contribution in [3.63, 3.8) is 0 Å². The van der Waals surface area contributed by atoms with E-state index in [1.807, 2.05) is 0 Å². The molecule has 0 bridgehead atoms. The molecule has 3 heterocycles. The molecule has 0 unspecified atom stereocenters. The van der Waals surface area contributed by atoms with Gasteiger partial charge in [-0.2, -0.15) is 0 Å². The number of esters is 2. The number of aliphatic hydroxyl groups is 5. The van der Waals surface area contributed by atoms with E-state index in [9.17, 15) is 35.1 Å². The first-order valence-corrected chi connectivity index (χ1v) is 10.4. The number of aliphatic hydroxyl groups excluding tert-OH is 5. The molecule has 0 aromatic carbocycles. The Bertz CT molecular complexity index is 894. The Hall–Kier alpha value is -2.32. The maximum absolute atomic E-state index is 12.4. The molecule has 12 heteroatoms. The van der Waals surface area contributed by atoms with E-state index in [1.54, 1.807) is 12.2 Å². The highest BCUT2D eigenvalue weighted by molar-refractivity contribution is 5.94. The van der Waals surface area contributed by atoms with Gasteiger partial charge in [0.15, 0.2) is 18.2 Å². The van der Waals surface area contributed by atoms with Crippen LogP contribution >= 0.6 is 0 Å². The smallest absolute Gasteiger partial charge is 0.337 e. The minimum absolute atomic E-state index is 0.0179. The lowest BCUT2D eigenvalue weighted by Crippen LogP contribution is -2.58. The molecule has 1 saturated heterocycles. The number of rotatable bonds is 5. The number of hydrogen-bond acceptors (Lipinski definition) is 12. The van der Waals surface area contributed by atoms with Crippen molar-refractivity contribution in [3.05, 3.63) is 35.6 Å². The predicted octanol–water partition coefficient (Wildman–Crippen LogP) is -2.17. The van der Waals surface area contributed by atoms with Gasteiger partial charge < -0.3 is 49.2 Å². The summed E-state index contributed by atoms with van der Waals surface area (Å²) in [5.41, 5.74) is -1.29. The van der Waals surface area contributed by atoms with Gasteiger partial charge in [-0.3, -0.25) is 0 Å². The Kier molecular flexibility index (Phi) is 6.35. The van der Waals surface area contributed by atoms with Crippen LogP contribution in [0, 0.1) is 17.8 Å². The molecule has 0 radical (unpaired) electrons. The van der Waals surface area contributed by atoms with Gasteiger partial charge in [0.25, 0.3) is 0 Å². The van der Waals surface area contributed by atoms with Gasteiger partial charge in [-0.15, -0.1) is 0 Å². The average Bonchev–Trinajstić information content (AvgIpc) is 3.32. The standard InChI is InChI=1S/C21H26O12/c1-8(23)10-5-21(33-17(10)27)4-3-9-12(16(26)29-2)7-30-20(13(9)21)32-19-11(6-22)14(24)15(25)18(28)31-19/h3-5,7-9,11,13-15,18-20,22-25,28H,6H2,1-2H3/t8-,9+,11+,13+,14-,15-,18+,19+,20-,21-/m0/s1. The van der Waals surface area contributed by atoms with E-state index in [0.717, 1.165) is 6.26 Å². The monoisotopic (exact) mass is 470 g/mol. The van der Waals surface area contributed by atoms with Crippen LogP contribution in [0.3, 0.4) is 0 Å². The van der Waals surface area contributed by atoms with Gasteiger partial charge in [0.1, 0.15) is 6.10 Å². The molecule has 33 heavy (non-hydrogen) atoms. The lowest BCUT2D eigenvalue weighted by molar-refractivity contribution is -0.365. The number of hydrogen-bond donors (Lipinski definition) is 5. The molecule has 0 saturated carbocycles. The second-order valence-corrected chi connectivity index (χ2v) is 8.36. The van der Waals surface area contributed by atoms with Crippen LogP contribution in [-0.2, 0) is 33.3 Å². The third-order valence-electron chi connectivity index (χ3n) is 6.39. The Morgan fingerprint density at radius 2 is 1.97 bits per heavy atom. The molecule has 4 aliphatic rings. The minimum Gasteiger partial charge on any atom is -0.471 e. The maximum Gasteiger partial charge on any atom is 0.337 e. The van der Waals surface area contributed by atoms with Crippen LogP contribution in [0.1, 0.15) is 6.92 Å². The second-order valence-electron chi connectivity index (χ2n) is 8.36. The van der Waals surface area contributed by atoms with Gasteiger partial charge in [-0.05, 0) is 19.1 Å². The van der Waals surface area contributed by atoms with Gasteiger partial charge in [0.2, 0.25) is 6.29 Å². The van der Waals surface area contributed by atoms with Crippen molar-refractivity contribution >= 4 is 11.9 Å². The zero-order valence-corrected chi connectivity index (χ0v) is 17.8. The molecule has 10 atom stereocenters. The van der Waals surface area contributed by atoms with Crippen LogP contribution in [-0.4, -0.2) is 94.0 Å². The van der Waals surface area contributed by atoms with E-state index < -0.39 is 79.1 Å². The van der Waals surface area contributed by atoms with E-state index in [2.05, 4.69) is 0 Å². The van der Waals surface area contributed by atoms with Crippen molar-refractivity contribution in [3.8, 4) is 0 Å². The SMILES string of the molecule is COC(=O)C1=CO[C@@H](O[C@H]2O[C@@H](O)[C@@H](O)[C@@H](O)[C@H]2CO)[C@H]2[C@@H]1C=C[C@]21C=C([C@H](C)O)C(=O)O1. The summed E-state index contributed by atoms with van der Waals surface area (Å²) in [7, 11) is 1.20. The molecule has 12 nitrogen and oxygen atoms in total. The third kappa shape index (κ3) is 3.87. The second kappa shape index (κ2) is 8.80. The average molecular weight is 470 g/mol. The van der Waals surface area contributed by atoms with Gasteiger partial charge in [-0.25, -0.2) is 9.59 Å². The molecule has 0 aromatic heterocycles. The molecule has 1 aliphatic carbocycles. The van der Waals surface area contributed by atoms with E-state index in [-0.39, 0.29) is 11.1 Å². The number of methoxy groups -OCH3 is 1. The maximum atomic E-state index is 12.4. The number of allylic oxidation sites excluding steroid dienone is 1. The molecule has 0 aromatic rings. The van der Waals surface area contributed by atoms with Crippen LogP contribution in [0.2, 0.25) is 0 Å². The highest BCUT2D eigenvalue weighted by atomic mass is 16.8. The lowest BCUT2D eigenvalue weighted by atomic mass is 9.78. The van der Waals surface area contributed by atoms with E-state index in [0.29, 0.717) is 0 Å². The summed E-state index contributed by atoms with van der Waals surface area (Å²) in [5, 5.41) is 49.6. The van der Waals surface area contributed by atoms with Gasteiger partial charge in [-0.1, -0.05) is 6.08 Å². The van der Waals surface area contributed by atoms with Crippen LogP contribution in [0.5, 0.6) is 0 Å². The third-order valence-corrected chi connectivity index (χ3v) is 6.39. The molecule has 4 rings (SSSR count). The quantitative estimate of drug-likeness (QED) is 0.217. The molecule has 0 amide bonds. The van der Waals surface area contributed by atoms with E-state index in [1.165, 1.54) is 20.1 Å². The fraction of sp³-hybridized carbons (Fsp3) is 0.619. The summed E-state index contributed by atoms with van der Waals surface area (Å²) in [6, 6.07) is 0. The Labute approximate surface area is 188 Å². The number of ether oxygens (including phenoxy) is 5. The lowest BCUT2D eigenvalue weighted by Gasteiger charge is -2.44. The van der Waals surface area contributed by atoms with Crippen LogP contribution < -0.4 is 0 Å². The highest BCUT2D eigenvalue weighted by Crippen LogP contribution is 2.51. The number of fused-ring (bicyclic) bond motifs is 2. The Morgan fingerprint density at radius 1 is 1.24 bits per heavy atom. The summed E-state index contributed by atoms with van der Waals surface area (Å²) < 4.78 is 27.2. The summed E-state index contributed by atoms with van der Waals surface area (Å²) >= 11 is 0. The number of carbonyl (C=O) groups is 2. The van der Waals surface area contributed by atoms with Crippen molar-refractivity contribution < 1.29 is 58.8 Å². The fourth-order valence-corrected chi connectivity index (χ4v) is 4.62. The molecular formula is C21H26O12. The number of carbonyl (C=O) groups excluding carboxylic acids is 2. The largest absolute Gasteiger partial charge is 0.471 e. The fourth-order valence-electron chi connectivity index (χ4n) is 4.62. The van der Waals surface area contributed by atoms with E-state index in [4.69, 9.17) is 23.7 Å². The van der Waals surface area contributed by atoms with Crippen molar-refractivity contribution in [2.45, 2.75) is 49.7 Å². The summed E-state index contributed by atoms with van der Waals surface area (Å²) in [5.74, 6) is -4.15. The molecule has 1 spiro atoms. The first-order valence-electron chi connectivity index (χ1n) is 10.4. The normalized spacial score (nSPS) is 42.8. The molecule has 3 aliphatic heterocycles. The van der Waals surface area contributed by atoms with E-state index >= 15 is 0 Å². The van der Waals surface area contributed by atoms with Gasteiger partial charge in [0.05, 0.1) is 55.2 Å². The van der Waals surface area contributed by atoms with Crippen molar-refractivity contribution in [2.24, 2.45) is 17.8 Å². The first kappa shape index (κ1) is 23.8. The Balaban J connectivity index is 1.69. The highest BCUT2D eigenvalue weighted by Gasteiger charge is 2.59. The first-order chi connectivity index (χ1) is 15.6. The van der Waals surface area contributed by atoms with Gasteiger partial charge in [0, 0.05) is 5.92 Å². The summed E-state index contributed by atoms with van der Waals surface area (Å²) in [4.78, 5) is 24.7. The molecule has 1 fully saturated rings. The van der Waals surface area contributed by atoms with Crippen LogP contribution in [0.15, 0.2) is 35.6 Å². The van der Waals surface area contributed by atoms with Crippen molar-refractivity contribution in [1.82, 2.24) is 0 Å². The minimum atomic E-state index is -1.80. The zero-order valence-electron chi connectivity index (χ0n) is 17.8. The predicted molar refractivity (Wildman–Crippen MR) is 104 cm³/mol. The van der Waals surface area contributed by atoms with Crippen LogP contribution in [0.25, 0.3) is 0 Å². The van der Waals surface area contributed by atoms with Crippen LogP contribution in [0.4, 0.5) is 0 Å². The molecular weight excluding hydrogens is 444 g/mol. The van der Waals surface area contributed by atoms with Gasteiger partial charge >= 0.3 is 11.9 Å². The summed E-state index contributed by atoms with van der Waals surface area (Å²) in [6.07, 6.45) is -3.08. The molecule has 5 N–H and O–H groups in total. The molecule has 182 valence electrons.